The number of rotatable bonds is 1. The van der Waals surface area contributed by atoms with Crippen LogP contribution < -0.4 is 0 Å². The van der Waals surface area contributed by atoms with Crippen LogP contribution in [0.4, 0.5) is 0 Å². The number of esters is 1. The Morgan fingerprint density at radius 1 is 1.33 bits per heavy atom. The van der Waals surface area contributed by atoms with Gasteiger partial charge in [-0.15, -0.1) is 0 Å². The van der Waals surface area contributed by atoms with E-state index < -0.39 is 0 Å². The molecule has 15 heavy (non-hydrogen) atoms. The predicted octanol–water partition coefficient (Wildman–Crippen LogP) is 2.55. The van der Waals surface area contributed by atoms with Gasteiger partial charge in [0, 0.05) is 0 Å². The van der Waals surface area contributed by atoms with Crippen LogP contribution in [0.25, 0.3) is 0 Å². The van der Waals surface area contributed by atoms with E-state index in [-0.39, 0.29) is 11.9 Å². The van der Waals surface area contributed by atoms with Gasteiger partial charge in [0.1, 0.15) is 0 Å². The van der Waals surface area contributed by atoms with Crippen molar-refractivity contribution in [3.05, 3.63) is 47.6 Å². The fourth-order valence-corrected chi connectivity index (χ4v) is 1.87. The fraction of sp³-hybridized carbons (Fsp3) is 0.308. The van der Waals surface area contributed by atoms with Gasteiger partial charge in [0.05, 0.1) is 13.0 Å². The monoisotopic (exact) mass is 202 g/mol. The average Bonchev–Trinajstić information content (AvgIpc) is 2.51. The Labute approximate surface area is 89.6 Å². The highest BCUT2D eigenvalue weighted by Crippen LogP contribution is 2.27. The van der Waals surface area contributed by atoms with E-state index in [1.54, 1.807) is 0 Å². The molecule has 0 N–H and O–H groups in total. The summed E-state index contributed by atoms with van der Waals surface area (Å²) in [6.07, 6.45) is 14.1. The molecule has 1 atom stereocenters. The number of ether oxygens (including phenoxy) is 1. The van der Waals surface area contributed by atoms with E-state index in [9.17, 15) is 4.79 Å². The zero-order valence-corrected chi connectivity index (χ0v) is 8.77. The number of hydrogen-bond donors (Lipinski definition) is 0. The summed E-state index contributed by atoms with van der Waals surface area (Å²) in [4.78, 5) is 11.4. The molecule has 0 aromatic heterocycles. The average molecular weight is 202 g/mol. The van der Waals surface area contributed by atoms with E-state index in [1.807, 2.05) is 12.2 Å². The Hall–Kier alpha value is -1.57. The summed E-state index contributed by atoms with van der Waals surface area (Å²) in [6, 6.07) is 0. The predicted molar refractivity (Wildman–Crippen MR) is 59.2 cm³/mol. The van der Waals surface area contributed by atoms with Crippen molar-refractivity contribution in [1.82, 2.24) is 0 Å². The Kier molecular flexibility index (Phi) is 2.86. The van der Waals surface area contributed by atoms with Crippen LogP contribution in [-0.4, -0.2) is 13.1 Å². The Bertz CT molecular complexity index is 383. The molecular weight excluding hydrogens is 188 g/mol. The van der Waals surface area contributed by atoms with Crippen molar-refractivity contribution >= 4 is 5.97 Å². The highest BCUT2D eigenvalue weighted by molar-refractivity contribution is 5.76. The molecule has 0 aromatic carbocycles. The first-order valence-electron chi connectivity index (χ1n) is 5.13. The van der Waals surface area contributed by atoms with Crippen molar-refractivity contribution in [2.75, 3.05) is 7.11 Å². The lowest BCUT2D eigenvalue weighted by molar-refractivity contribution is -0.143. The summed E-state index contributed by atoms with van der Waals surface area (Å²) in [6.45, 7) is 0. The first kappa shape index (κ1) is 9.97. The van der Waals surface area contributed by atoms with Crippen molar-refractivity contribution in [2.24, 2.45) is 5.92 Å². The quantitative estimate of drug-likeness (QED) is 0.611. The zero-order valence-electron chi connectivity index (χ0n) is 8.77. The second kappa shape index (κ2) is 4.30. The lowest BCUT2D eigenvalue weighted by atomic mass is 9.89. The molecule has 2 nitrogen and oxygen atoms in total. The highest BCUT2D eigenvalue weighted by atomic mass is 16.5. The molecule has 78 valence electrons. The topological polar surface area (TPSA) is 26.3 Å². The maximum absolute atomic E-state index is 11.4. The standard InChI is InChI=1S/C13H14O2/c1-15-13(14)12-8-7-10-5-3-2-4-6-11(10)9-12/h3-8,12H,2,9H2,1H3. The summed E-state index contributed by atoms with van der Waals surface area (Å²) in [5.41, 5.74) is 2.44. The van der Waals surface area contributed by atoms with Crippen molar-refractivity contribution in [1.29, 1.82) is 0 Å². The second-order valence-electron chi connectivity index (χ2n) is 3.71. The molecule has 0 saturated heterocycles. The van der Waals surface area contributed by atoms with Gasteiger partial charge in [-0.2, -0.15) is 0 Å². The van der Waals surface area contributed by atoms with E-state index >= 15 is 0 Å². The van der Waals surface area contributed by atoms with E-state index in [2.05, 4.69) is 24.3 Å². The lowest BCUT2D eigenvalue weighted by Crippen LogP contribution is -2.16. The molecule has 0 bridgehead atoms. The van der Waals surface area contributed by atoms with E-state index in [1.165, 1.54) is 18.3 Å². The minimum Gasteiger partial charge on any atom is -0.469 e. The van der Waals surface area contributed by atoms with Crippen LogP contribution in [0.15, 0.2) is 47.6 Å². The van der Waals surface area contributed by atoms with Gasteiger partial charge in [-0.1, -0.05) is 36.5 Å². The maximum Gasteiger partial charge on any atom is 0.312 e. The summed E-state index contributed by atoms with van der Waals surface area (Å²) in [5, 5.41) is 0. The van der Waals surface area contributed by atoms with Gasteiger partial charge in [0.2, 0.25) is 0 Å². The van der Waals surface area contributed by atoms with E-state index in [0.717, 1.165) is 12.8 Å². The van der Waals surface area contributed by atoms with Crippen molar-refractivity contribution in [2.45, 2.75) is 12.8 Å². The number of hydrogen-bond acceptors (Lipinski definition) is 2. The van der Waals surface area contributed by atoms with Crippen LogP contribution in [0.3, 0.4) is 0 Å². The normalized spacial score (nSPS) is 23.7. The molecule has 2 aliphatic rings. The van der Waals surface area contributed by atoms with Crippen LogP contribution >= 0.6 is 0 Å². The molecule has 0 aromatic rings. The Morgan fingerprint density at radius 2 is 2.13 bits per heavy atom. The van der Waals surface area contributed by atoms with Gasteiger partial charge < -0.3 is 4.74 Å². The fourth-order valence-electron chi connectivity index (χ4n) is 1.87. The van der Waals surface area contributed by atoms with Crippen LogP contribution in [-0.2, 0) is 9.53 Å². The Balaban J connectivity index is 2.21. The number of allylic oxidation sites excluding steroid dienone is 7. The lowest BCUT2D eigenvalue weighted by Gasteiger charge is -2.17. The smallest absolute Gasteiger partial charge is 0.312 e. The first-order valence-corrected chi connectivity index (χ1v) is 5.13. The van der Waals surface area contributed by atoms with Crippen LogP contribution in [0, 0.1) is 5.92 Å². The zero-order chi connectivity index (χ0) is 10.7. The number of methoxy groups -OCH3 is 1. The maximum atomic E-state index is 11.4. The molecule has 2 rings (SSSR count). The molecule has 0 radical (unpaired) electrons. The number of carbonyl (C=O) groups is 1. The van der Waals surface area contributed by atoms with Gasteiger partial charge in [0.25, 0.3) is 0 Å². The third-order valence-electron chi connectivity index (χ3n) is 2.71. The molecule has 1 unspecified atom stereocenters. The molecular formula is C13H14O2. The molecule has 0 heterocycles. The molecule has 2 heteroatoms. The third-order valence-corrected chi connectivity index (χ3v) is 2.71. The largest absolute Gasteiger partial charge is 0.469 e. The third kappa shape index (κ3) is 2.09. The van der Waals surface area contributed by atoms with Gasteiger partial charge >= 0.3 is 5.97 Å². The summed E-state index contributed by atoms with van der Waals surface area (Å²) in [7, 11) is 1.43. The summed E-state index contributed by atoms with van der Waals surface area (Å²) >= 11 is 0. The van der Waals surface area contributed by atoms with Gasteiger partial charge in [-0.25, -0.2) is 0 Å². The SMILES string of the molecule is COC(=O)C1C=CC2=C(C=CCC=C2)C1. The minimum absolute atomic E-state index is 0.120. The second-order valence-corrected chi connectivity index (χ2v) is 3.71. The van der Waals surface area contributed by atoms with Gasteiger partial charge in [-0.3, -0.25) is 4.79 Å². The van der Waals surface area contributed by atoms with Gasteiger partial charge in [-0.05, 0) is 24.0 Å². The van der Waals surface area contributed by atoms with E-state index in [4.69, 9.17) is 4.74 Å². The van der Waals surface area contributed by atoms with E-state index in [0.29, 0.717) is 0 Å². The van der Waals surface area contributed by atoms with Crippen LogP contribution in [0.2, 0.25) is 0 Å². The van der Waals surface area contributed by atoms with Gasteiger partial charge in [0.15, 0.2) is 0 Å². The number of carbonyl (C=O) groups excluding carboxylic acids is 1. The molecule has 0 amide bonds. The van der Waals surface area contributed by atoms with Crippen LogP contribution in [0.5, 0.6) is 0 Å². The molecule has 0 fully saturated rings. The molecule has 2 aliphatic carbocycles. The molecule has 0 spiro atoms. The minimum atomic E-state index is -0.153. The summed E-state index contributed by atoms with van der Waals surface area (Å²) < 4.78 is 4.75. The van der Waals surface area contributed by atoms with Crippen molar-refractivity contribution in [3.63, 3.8) is 0 Å². The van der Waals surface area contributed by atoms with Crippen molar-refractivity contribution < 1.29 is 9.53 Å². The van der Waals surface area contributed by atoms with Crippen molar-refractivity contribution in [3.8, 4) is 0 Å². The highest BCUT2D eigenvalue weighted by Gasteiger charge is 2.21. The first-order chi connectivity index (χ1) is 7.31. The molecule has 0 aliphatic heterocycles. The molecule has 0 saturated carbocycles. The summed E-state index contributed by atoms with van der Waals surface area (Å²) in [5.74, 6) is -0.274. The Morgan fingerprint density at radius 3 is 2.93 bits per heavy atom. The van der Waals surface area contributed by atoms with Crippen LogP contribution in [0.1, 0.15) is 12.8 Å².